The van der Waals surface area contributed by atoms with Gasteiger partial charge in [0, 0.05) is 14.1 Å². The second-order valence-corrected chi connectivity index (χ2v) is 2.35. The Hall–Kier alpha value is -0.990. The molecule has 0 heterocycles. The van der Waals surface area contributed by atoms with Gasteiger partial charge in [0.1, 0.15) is 6.61 Å². The number of hydrogen-bond donors (Lipinski definition) is 0. The third-order valence-corrected chi connectivity index (χ3v) is 1.07. The molecule has 0 atom stereocenters. The fraction of sp³-hybridized carbons (Fsp3) is 0.625. The predicted molar refractivity (Wildman–Crippen MR) is 44.5 cm³/mol. The van der Waals surface area contributed by atoms with E-state index in [4.69, 9.17) is 4.74 Å². The van der Waals surface area contributed by atoms with Crippen LogP contribution in [-0.2, 0) is 4.74 Å². The Labute approximate surface area is 67.6 Å². The molecule has 0 aliphatic carbocycles. The van der Waals surface area contributed by atoms with Gasteiger partial charge in [-0.05, 0) is 6.42 Å². The van der Waals surface area contributed by atoms with E-state index in [0.29, 0.717) is 6.61 Å². The molecule has 0 N–H and O–H groups in total. The number of ether oxygens (including phenoxy) is 1. The molecule has 0 fully saturated rings. The average Bonchev–Trinajstić information content (AvgIpc) is 1.97. The Morgan fingerprint density at radius 2 is 2.09 bits per heavy atom. The topological polar surface area (TPSA) is 29.5 Å². The van der Waals surface area contributed by atoms with E-state index in [1.807, 2.05) is 19.1 Å². The largest absolute Gasteiger partial charge is 0.445 e. The summed E-state index contributed by atoms with van der Waals surface area (Å²) in [7, 11) is 3.32. The summed E-state index contributed by atoms with van der Waals surface area (Å²) in [6, 6.07) is 0. The van der Waals surface area contributed by atoms with Crippen molar-refractivity contribution in [3.63, 3.8) is 0 Å². The van der Waals surface area contributed by atoms with Crippen molar-refractivity contribution in [1.29, 1.82) is 0 Å². The molecule has 0 aliphatic heterocycles. The Morgan fingerprint density at radius 3 is 2.55 bits per heavy atom. The lowest BCUT2D eigenvalue weighted by atomic mass is 10.4. The molecule has 0 rings (SSSR count). The zero-order valence-corrected chi connectivity index (χ0v) is 7.33. The van der Waals surface area contributed by atoms with E-state index in [1.54, 1.807) is 14.1 Å². The maximum absolute atomic E-state index is 10.8. The molecule has 64 valence electrons. The standard InChI is InChI=1S/C8H15NO2/c1-4-5-6-7-11-8(10)9(2)3/h5-6H,4,7H2,1-3H3/b6-5+. The van der Waals surface area contributed by atoms with Crippen molar-refractivity contribution in [1.82, 2.24) is 4.90 Å². The average molecular weight is 157 g/mol. The normalized spacial score (nSPS) is 10.1. The van der Waals surface area contributed by atoms with Gasteiger partial charge in [-0.2, -0.15) is 0 Å². The SMILES string of the molecule is CC/C=C/COC(=O)N(C)C. The van der Waals surface area contributed by atoms with E-state index in [-0.39, 0.29) is 6.09 Å². The lowest BCUT2D eigenvalue weighted by Crippen LogP contribution is -2.22. The molecule has 3 nitrogen and oxygen atoms in total. The summed E-state index contributed by atoms with van der Waals surface area (Å²) in [6.07, 6.45) is 4.47. The number of amides is 1. The zero-order chi connectivity index (χ0) is 8.69. The molecule has 3 heteroatoms. The fourth-order valence-electron chi connectivity index (χ4n) is 0.483. The third kappa shape index (κ3) is 5.45. The van der Waals surface area contributed by atoms with Gasteiger partial charge in [0.05, 0.1) is 0 Å². The van der Waals surface area contributed by atoms with Gasteiger partial charge in [0.15, 0.2) is 0 Å². The van der Waals surface area contributed by atoms with Crippen LogP contribution in [0.1, 0.15) is 13.3 Å². The molecule has 0 spiro atoms. The van der Waals surface area contributed by atoms with Gasteiger partial charge in [0.2, 0.25) is 0 Å². The summed E-state index contributed by atoms with van der Waals surface area (Å²) in [5.74, 6) is 0. The van der Waals surface area contributed by atoms with Crippen LogP contribution in [0.3, 0.4) is 0 Å². The van der Waals surface area contributed by atoms with E-state index >= 15 is 0 Å². The van der Waals surface area contributed by atoms with Crippen LogP contribution in [-0.4, -0.2) is 31.7 Å². The Kier molecular flexibility index (Phi) is 5.25. The van der Waals surface area contributed by atoms with Gasteiger partial charge in [0.25, 0.3) is 0 Å². The van der Waals surface area contributed by atoms with Gasteiger partial charge in [-0.1, -0.05) is 19.1 Å². The van der Waals surface area contributed by atoms with Crippen LogP contribution in [0.4, 0.5) is 4.79 Å². The summed E-state index contributed by atoms with van der Waals surface area (Å²) >= 11 is 0. The number of rotatable bonds is 3. The molecule has 0 saturated carbocycles. The van der Waals surface area contributed by atoms with E-state index in [1.165, 1.54) is 4.90 Å². The van der Waals surface area contributed by atoms with Crippen LogP contribution >= 0.6 is 0 Å². The number of hydrogen-bond acceptors (Lipinski definition) is 2. The predicted octanol–water partition coefficient (Wildman–Crippen LogP) is 1.65. The number of carbonyl (C=O) groups is 1. The summed E-state index contributed by atoms with van der Waals surface area (Å²) in [5, 5.41) is 0. The second kappa shape index (κ2) is 5.77. The van der Waals surface area contributed by atoms with Gasteiger partial charge in [-0.3, -0.25) is 0 Å². The summed E-state index contributed by atoms with van der Waals surface area (Å²) < 4.78 is 4.81. The zero-order valence-electron chi connectivity index (χ0n) is 7.33. The van der Waals surface area contributed by atoms with Crippen LogP contribution < -0.4 is 0 Å². The minimum atomic E-state index is -0.300. The summed E-state index contributed by atoms with van der Waals surface area (Å²) in [6.45, 7) is 2.40. The Balaban J connectivity index is 3.39. The van der Waals surface area contributed by atoms with Crippen molar-refractivity contribution in [2.75, 3.05) is 20.7 Å². The molecule has 0 bridgehead atoms. The quantitative estimate of drug-likeness (QED) is 0.583. The molecule has 0 aromatic heterocycles. The molecule has 0 saturated heterocycles. The monoisotopic (exact) mass is 157 g/mol. The first-order valence-electron chi connectivity index (χ1n) is 3.67. The Bertz CT molecular complexity index is 141. The van der Waals surface area contributed by atoms with E-state index < -0.39 is 0 Å². The van der Waals surface area contributed by atoms with Crippen LogP contribution in [0.15, 0.2) is 12.2 Å². The molecule has 1 amide bonds. The van der Waals surface area contributed by atoms with E-state index in [9.17, 15) is 4.79 Å². The lowest BCUT2D eigenvalue weighted by Gasteiger charge is -2.08. The smallest absolute Gasteiger partial charge is 0.409 e. The fourth-order valence-corrected chi connectivity index (χ4v) is 0.483. The molecule has 0 aliphatic rings. The molecule has 0 aromatic carbocycles. The van der Waals surface area contributed by atoms with Gasteiger partial charge < -0.3 is 9.64 Å². The number of nitrogens with zero attached hydrogens (tertiary/aromatic N) is 1. The van der Waals surface area contributed by atoms with Crippen molar-refractivity contribution in [3.8, 4) is 0 Å². The van der Waals surface area contributed by atoms with Crippen LogP contribution in [0.2, 0.25) is 0 Å². The maximum Gasteiger partial charge on any atom is 0.409 e. The highest BCUT2D eigenvalue weighted by Crippen LogP contribution is 1.87. The first-order chi connectivity index (χ1) is 5.18. The van der Waals surface area contributed by atoms with Crippen LogP contribution in [0, 0.1) is 0 Å². The minimum absolute atomic E-state index is 0.300. The first-order valence-corrected chi connectivity index (χ1v) is 3.67. The first kappa shape index (κ1) is 10.0. The minimum Gasteiger partial charge on any atom is -0.445 e. The molecule has 0 aromatic rings. The van der Waals surface area contributed by atoms with Gasteiger partial charge >= 0.3 is 6.09 Å². The van der Waals surface area contributed by atoms with E-state index in [2.05, 4.69) is 0 Å². The molecule has 0 unspecified atom stereocenters. The molecular formula is C8H15NO2. The number of carbonyl (C=O) groups excluding carboxylic acids is 1. The van der Waals surface area contributed by atoms with Crippen LogP contribution in [0.25, 0.3) is 0 Å². The van der Waals surface area contributed by atoms with Gasteiger partial charge in [-0.15, -0.1) is 0 Å². The highest BCUT2D eigenvalue weighted by Gasteiger charge is 2.00. The van der Waals surface area contributed by atoms with Crippen molar-refractivity contribution in [2.24, 2.45) is 0 Å². The Morgan fingerprint density at radius 1 is 1.45 bits per heavy atom. The maximum atomic E-state index is 10.8. The summed E-state index contributed by atoms with van der Waals surface area (Å²) in [5.41, 5.74) is 0. The molecule has 11 heavy (non-hydrogen) atoms. The second-order valence-electron chi connectivity index (χ2n) is 2.35. The van der Waals surface area contributed by atoms with Crippen molar-refractivity contribution in [3.05, 3.63) is 12.2 Å². The highest BCUT2D eigenvalue weighted by atomic mass is 16.5. The summed E-state index contributed by atoms with van der Waals surface area (Å²) in [4.78, 5) is 12.2. The van der Waals surface area contributed by atoms with Crippen molar-refractivity contribution >= 4 is 6.09 Å². The van der Waals surface area contributed by atoms with Crippen molar-refractivity contribution in [2.45, 2.75) is 13.3 Å². The lowest BCUT2D eigenvalue weighted by molar-refractivity contribution is 0.129. The number of allylic oxidation sites excluding steroid dienone is 1. The van der Waals surface area contributed by atoms with E-state index in [0.717, 1.165) is 6.42 Å². The van der Waals surface area contributed by atoms with Gasteiger partial charge in [-0.25, -0.2) is 4.79 Å². The van der Waals surface area contributed by atoms with Crippen LogP contribution in [0.5, 0.6) is 0 Å². The molecular weight excluding hydrogens is 142 g/mol. The van der Waals surface area contributed by atoms with Crippen molar-refractivity contribution < 1.29 is 9.53 Å². The molecule has 0 radical (unpaired) electrons. The third-order valence-electron chi connectivity index (χ3n) is 1.07. The highest BCUT2D eigenvalue weighted by molar-refractivity contribution is 5.66.